The number of carbonyl (C=O) groups is 2. The molecule has 1 atom stereocenters. The second-order valence-electron chi connectivity index (χ2n) is 4.19. The zero-order valence-corrected chi connectivity index (χ0v) is 13.8. The molecule has 0 spiro atoms. The van der Waals surface area contributed by atoms with E-state index in [2.05, 4.69) is 21.2 Å². The zero-order chi connectivity index (χ0) is 15.8. The molecule has 0 saturated carbocycles. The Morgan fingerprint density at radius 3 is 2.76 bits per heavy atom. The van der Waals surface area contributed by atoms with Crippen LogP contribution in [0.1, 0.15) is 19.4 Å². The number of esters is 1. The van der Waals surface area contributed by atoms with Crippen LogP contribution in [0.3, 0.4) is 0 Å². The van der Waals surface area contributed by atoms with Gasteiger partial charge in [0, 0.05) is 22.7 Å². The summed E-state index contributed by atoms with van der Waals surface area (Å²) in [6.07, 6.45) is 2.02. The largest absolute Gasteiger partial charge is 0.496 e. The molecule has 0 fully saturated rings. The van der Waals surface area contributed by atoms with Gasteiger partial charge in [-0.1, -0.05) is 15.9 Å². The highest BCUT2D eigenvalue weighted by atomic mass is 79.9. The van der Waals surface area contributed by atoms with Gasteiger partial charge in [0.25, 0.3) is 5.91 Å². The Morgan fingerprint density at radius 2 is 2.14 bits per heavy atom. The van der Waals surface area contributed by atoms with Crippen LogP contribution in [0.5, 0.6) is 5.75 Å². The molecule has 1 aromatic carbocycles. The number of amides is 1. The molecule has 114 valence electrons. The summed E-state index contributed by atoms with van der Waals surface area (Å²) < 4.78 is 11.1. The van der Waals surface area contributed by atoms with Gasteiger partial charge in [0.2, 0.25) is 0 Å². The first-order chi connectivity index (χ1) is 9.97. The standard InChI is InChI=1S/C15H18BrNO4/c1-4-17-15(19)10(2)21-14(18)8-5-11-9-12(16)6-7-13(11)20-3/h5-10H,4H2,1-3H3,(H,17,19)/b8-5+/t10-/m1/s1. The first-order valence-electron chi connectivity index (χ1n) is 6.47. The van der Waals surface area contributed by atoms with Crippen LogP contribution in [0, 0.1) is 0 Å². The van der Waals surface area contributed by atoms with Gasteiger partial charge in [-0.05, 0) is 38.1 Å². The van der Waals surface area contributed by atoms with E-state index in [9.17, 15) is 9.59 Å². The van der Waals surface area contributed by atoms with Crippen molar-refractivity contribution in [2.24, 2.45) is 0 Å². The maximum Gasteiger partial charge on any atom is 0.331 e. The molecule has 21 heavy (non-hydrogen) atoms. The number of halogens is 1. The Bertz CT molecular complexity index is 542. The Hall–Kier alpha value is -1.82. The zero-order valence-electron chi connectivity index (χ0n) is 12.2. The molecule has 0 bridgehead atoms. The number of hydrogen-bond donors (Lipinski definition) is 1. The molecule has 0 aromatic heterocycles. The monoisotopic (exact) mass is 355 g/mol. The van der Waals surface area contributed by atoms with E-state index in [1.165, 1.54) is 13.0 Å². The van der Waals surface area contributed by atoms with Crippen molar-refractivity contribution in [1.82, 2.24) is 5.32 Å². The van der Waals surface area contributed by atoms with Crippen LogP contribution in [-0.2, 0) is 14.3 Å². The average Bonchev–Trinajstić information content (AvgIpc) is 2.45. The van der Waals surface area contributed by atoms with Gasteiger partial charge in [-0.2, -0.15) is 0 Å². The van der Waals surface area contributed by atoms with Crippen molar-refractivity contribution >= 4 is 33.9 Å². The minimum absolute atomic E-state index is 0.320. The van der Waals surface area contributed by atoms with Crippen molar-refractivity contribution in [3.05, 3.63) is 34.3 Å². The molecular formula is C15H18BrNO4. The highest BCUT2D eigenvalue weighted by molar-refractivity contribution is 9.10. The minimum Gasteiger partial charge on any atom is -0.496 e. The summed E-state index contributed by atoms with van der Waals surface area (Å²) in [4.78, 5) is 23.1. The van der Waals surface area contributed by atoms with Gasteiger partial charge in [0.05, 0.1) is 7.11 Å². The minimum atomic E-state index is -0.827. The van der Waals surface area contributed by atoms with E-state index in [1.807, 2.05) is 12.1 Å². The Balaban J connectivity index is 2.70. The van der Waals surface area contributed by atoms with Crippen LogP contribution in [0.15, 0.2) is 28.7 Å². The van der Waals surface area contributed by atoms with E-state index in [0.29, 0.717) is 12.3 Å². The summed E-state index contributed by atoms with van der Waals surface area (Å²) in [6, 6.07) is 5.44. The molecular weight excluding hydrogens is 338 g/mol. The quantitative estimate of drug-likeness (QED) is 0.629. The lowest BCUT2D eigenvalue weighted by molar-refractivity contribution is -0.150. The smallest absolute Gasteiger partial charge is 0.331 e. The number of hydrogen-bond acceptors (Lipinski definition) is 4. The number of benzene rings is 1. The summed E-state index contributed by atoms with van der Waals surface area (Å²) in [5.74, 6) is -0.269. The molecule has 5 nitrogen and oxygen atoms in total. The molecule has 0 aliphatic heterocycles. The van der Waals surface area contributed by atoms with E-state index < -0.39 is 12.1 Å². The van der Waals surface area contributed by atoms with Crippen molar-refractivity contribution < 1.29 is 19.1 Å². The van der Waals surface area contributed by atoms with Crippen LogP contribution < -0.4 is 10.1 Å². The highest BCUT2D eigenvalue weighted by Crippen LogP contribution is 2.24. The van der Waals surface area contributed by atoms with E-state index in [0.717, 1.165) is 10.0 Å². The topological polar surface area (TPSA) is 64.6 Å². The molecule has 1 N–H and O–H groups in total. The van der Waals surface area contributed by atoms with Crippen molar-refractivity contribution in [1.29, 1.82) is 0 Å². The number of likely N-dealkylation sites (N-methyl/N-ethyl adjacent to an activating group) is 1. The fourth-order valence-electron chi connectivity index (χ4n) is 1.58. The summed E-state index contributed by atoms with van der Waals surface area (Å²) >= 11 is 3.35. The highest BCUT2D eigenvalue weighted by Gasteiger charge is 2.15. The van der Waals surface area contributed by atoms with Crippen LogP contribution in [0.25, 0.3) is 6.08 Å². The van der Waals surface area contributed by atoms with Crippen molar-refractivity contribution in [3.63, 3.8) is 0 Å². The van der Waals surface area contributed by atoms with Crippen LogP contribution in [-0.4, -0.2) is 31.6 Å². The van der Waals surface area contributed by atoms with Gasteiger partial charge in [0.15, 0.2) is 6.10 Å². The van der Waals surface area contributed by atoms with Crippen LogP contribution in [0.2, 0.25) is 0 Å². The van der Waals surface area contributed by atoms with Gasteiger partial charge in [-0.15, -0.1) is 0 Å². The summed E-state index contributed by atoms with van der Waals surface area (Å²) in [5.41, 5.74) is 0.731. The fourth-order valence-corrected chi connectivity index (χ4v) is 1.96. The maximum absolute atomic E-state index is 11.7. The van der Waals surface area contributed by atoms with Gasteiger partial charge >= 0.3 is 5.97 Å². The fraction of sp³-hybridized carbons (Fsp3) is 0.333. The number of carbonyl (C=O) groups excluding carboxylic acids is 2. The molecule has 1 aromatic rings. The molecule has 1 rings (SSSR count). The first kappa shape index (κ1) is 17.2. The van der Waals surface area contributed by atoms with E-state index in [-0.39, 0.29) is 5.91 Å². The number of rotatable bonds is 6. The molecule has 1 amide bonds. The summed E-state index contributed by atoms with van der Waals surface area (Å²) in [7, 11) is 1.55. The third kappa shape index (κ3) is 5.59. The van der Waals surface area contributed by atoms with Crippen LogP contribution >= 0.6 is 15.9 Å². The number of nitrogens with one attached hydrogen (secondary N) is 1. The van der Waals surface area contributed by atoms with E-state index in [4.69, 9.17) is 9.47 Å². The Kier molecular flexibility index (Phi) is 6.94. The molecule has 6 heteroatoms. The first-order valence-corrected chi connectivity index (χ1v) is 7.27. The predicted octanol–water partition coefficient (Wildman–Crippen LogP) is 2.54. The maximum atomic E-state index is 11.7. The van der Waals surface area contributed by atoms with Crippen molar-refractivity contribution in [2.45, 2.75) is 20.0 Å². The lowest BCUT2D eigenvalue weighted by atomic mass is 10.2. The molecule has 0 saturated heterocycles. The van der Waals surface area contributed by atoms with E-state index in [1.54, 1.807) is 26.2 Å². The second kappa shape index (κ2) is 8.46. The number of ether oxygens (including phenoxy) is 2. The van der Waals surface area contributed by atoms with E-state index >= 15 is 0 Å². The van der Waals surface area contributed by atoms with Crippen molar-refractivity contribution in [3.8, 4) is 5.75 Å². The van der Waals surface area contributed by atoms with Gasteiger partial charge in [0.1, 0.15) is 5.75 Å². The van der Waals surface area contributed by atoms with Gasteiger partial charge in [-0.3, -0.25) is 4.79 Å². The second-order valence-corrected chi connectivity index (χ2v) is 5.11. The van der Waals surface area contributed by atoms with Gasteiger partial charge < -0.3 is 14.8 Å². The molecule has 0 unspecified atom stereocenters. The Labute approximate surface area is 132 Å². The molecule has 0 aliphatic carbocycles. The number of methoxy groups -OCH3 is 1. The Morgan fingerprint density at radius 1 is 1.43 bits per heavy atom. The predicted molar refractivity (Wildman–Crippen MR) is 84.0 cm³/mol. The summed E-state index contributed by atoms with van der Waals surface area (Å²) in [6.45, 7) is 3.81. The normalized spacial score (nSPS) is 12.0. The SMILES string of the molecule is CCNC(=O)[C@@H](C)OC(=O)/C=C/c1cc(Br)ccc1OC. The third-order valence-corrected chi connectivity index (χ3v) is 3.10. The average molecular weight is 356 g/mol. The summed E-state index contributed by atoms with van der Waals surface area (Å²) in [5, 5.41) is 2.58. The van der Waals surface area contributed by atoms with Crippen LogP contribution in [0.4, 0.5) is 0 Å². The van der Waals surface area contributed by atoms with Crippen molar-refractivity contribution in [2.75, 3.05) is 13.7 Å². The lowest BCUT2D eigenvalue weighted by Gasteiger charge is -2.11. The molecule has 0 aliphatic rings. The molecule has 0 heterocycles. The third-order valence-electron chi connectivity index (χ3n) is 2.60. The lowest BCUT2D eigenvalue weighted by Crippen LogP contribution is -2.35. The molecule has 0 radical (unpaired) electrons. The van der Waals surface area contributed by atoms with Gasteiger partial charge in [-0.25, -0.2) is 4.79 Å².